The molecule has 0 bridgehead atoms. The van der Waals surface area contributed by atoms with Gasteiger partial charge in [0.15, 0.2) is 0 Å². The first-order chi connectivity index (χ1) is 16.5. The van der Waals surface area contributed by atoms with Gasteiger partial charge in [0, 0.05) is 44.3 Å². The van der Waals surface area contributed by atoms with Crippen LogP contribution in [0.2, 0.25) is 0 Å². The maximum atomic E-state index is 13.0. The van der Waals surface area contributed by atoms with Crippen LogP contribution in [0.25, 0.3) is 37.2 Å². The number of aromatic nitrogens is 6. The molecule has 34 heavy (non-hydrogen) atoms. The molecule has 0 radical (unpaired) electrons. The first kappa shape index (κ1) is 21.0. The summed E-state index contributed by atoms with van der Waals surface area (Å²) in [5.74, 6) is -0.197. The molecule has 0 aliphatic carbocycles. The zero-order valence-electron chi connectivity index (χ0n) is 19.0. The van der Waals surface area contributed by atoms with E-state index in [1.807, 2.05) is 26.4 Å². The second kappa shape index (κ2) is 8.03. The van der Waals surface area contributed by atoms with Gasteiger partial charge in [-0.05, 0) is 38.9 Å². The van der Waals surface area contributed by atoms with Gasteiger partial charge in [0.05, 0.1) is 21.7 Å². The molecular formula is C23H24N8O2S. The lowest BCUT2D eigenvalue weighted by Gasteiger charge is -2.14. The lowest BCUT2D eigenvalue weighted by Crippen LogP contribution is -2.33. The number of pyridine rings is 2. The molecule has 1 amide bonds. The smallest absolute Gasteiger partial charge is 0.261 e. The highest BCUT2D eigenvalue weighted by atomic mass is 32.1. The number of carbonyl (C=O) groups is 1. The Morgan fingerprint density at radius 1 is 1.21 bits per heavy atom. The molecule has 174 valence electrons. The molecule has 0 aromatic carbocycles. The van der Waals surface area contributed by atoms with Gasteiger partial charge >= 0.3 is 0 Å². The number of H-pyrrole nitrogens is 1. The summed E-state index contributed by atoms with van der Waals surface area (Å²) in [5.41, 5.74) is 3.70. The molecule has 0 atom stereocenters. The Bertz CT molecular complexity index is 1620. The van der Waals surface area contributed by atoms with Crippen LogP contribution >= 0.6 is 11.3 Å². The van der Waals surface area contributed by atoms with Gasteiger partial charge in [0.1, 0.15) is 21.3 Å². The Morgan fingerprint density at radius 3 is 2.79 bits per heavy atom. The van der Waals surface area contributed by atoms with Gasteiger partial charge in [-0.15, -0.1) is 11.3 Å². The summed E-state index contributed by atoms with van der Waals surface area (Å²) in [6.45, 7) is 5.57. The van der Waals surface area contributed by atoms with Crippen molar-refractivity contribution in [3.05, 3.63) is 46.3 Å². The summed E-state index contributed by atoms with van der Waals surface area (Å²) in [6, 6.07) is 1.67. The van der Waals surface area contributed by atoms with E-state index < -0.39 is 0 Å². The lowest BCUT2D eigenvalue weighted by atomic mass is 10.2. The van der Waals surface area contributed by atoms with Crippen molar-refractivity contribution in [1.29, 1.82) is 0 Å². The lowest BCUT2D eigenvalue weighted by molar-refractivity contribution is 0.0949. The molecule has 11 heteroatoms. The summed E-state index contributed by atoms with van der Waals surface area (Å²) in [5, 5.41) is 12.5. The van der Waals surface area contributed by atoms with E-state index in [2.05, 4.69) is 30.4 Å². The SMILES string of the molecule is Cc1nn(C)cc1-c1cn2nc3c4ncc(C(=O)NCCN5CCCC5)cc4[nH]c(=O)c3c2s1. The Balaban J connectivity index is 1.33. The van der Waals surface area contributed by atoms with Crippen LogP contribution < -0.4 is 10.9 Å². The molecule has 1 aliphatic heterocycles. The van der Waals surface area contributed by atoms with E-state index in [-0.39, 0.29) is 11.5 Å². The fourth-order valence-electron chi connectivity index (χ4n) is 4.68. The Labute approximate surface area is 198 Å². The zero-order valence-corrected chi connectivity index (χ0v) is 19.8. The molecule has 0 unspecified atom stereocenters. The second-order valence-corrected chi connectivity index (χ2v) is 9.78. The van der Waals surface area contributed by atoms with Gasteiger partial charge in [-0.3, -0.25) is 19.3 Å². The standard InChI is InChI=1S/C23H24N8O2S/c1-13-15(11-29(2)27-13)17-12-31-23(34-17)18-20(28-31)19-16(26-22(18)33)9-14(10-25-19)21(32)24-5-8-30-6-3-4-7-30/h9-12H,3-8H2,1-2H3,(H,24,32)(H,26,33). The van der Waals surface area contributed by atoms with E-state index in [1.54, 1.807) is 21.5 Å². The van der Waals surface area contributed by atoms with Crippen molar-refractivity contribution in [2.45, 2.75) is 19.8 Å². The van der Waals surface area contributed by atoms with Gasteiger partial charge in [0.25, 0.3) is 11.5 Å². The highest BCUT2D eigenvalue weighted by Crippen LogP contribution is 2.34. The number of likely N-dealkylation sites (tertiary alicyclic amines) is 1. The normalized spacial score (nSPS) is 14.6. The fraction of sp³-hybridized carbons (Fsp3) is 0.348. The third-order valence-corrected chi connectivity index (χ3v) is 7.48. The van der Waals surface area contributed by atoms with Gasteiger partial charge in [-0.2, -0.15) is 10.2 Å². The minimum Gasteiger partial charge on any atom is -0.351 e. The Morgan fingerprint density at radius 2 is 2.03 bits per heavy atom. The van der Waals surface area contributed by atoms with Crippen LogP contribution in [-0.4, -0.2) is 66.3 Å². The van der Waals surface area contributed by atoms with Crippen LogP contribution in [0.15, 0.2) is 29.5 Å². The van der Waals surface area contributed by atoms with Crippen molar-refractivity contribution in [2.75, 3.05) is 26.2 Å². The van der Waals surface area contributed by atoms with Crippen molar-refractivity contribution in [3.8, 4) is 10.4 Å². The molecule has 10 nitrogen and oxygen atoms in total. The highest BCUT2D eigenvalue weighted by Gasteiger charge is 2.19. The number of nitrogens with zero attached hydrogens (tertiary/aromatic N) is 6. The first-order valence-corrected chi connectivity index (χ1v) is 12.1. The number of aryl methyl sites for hydroxylation is 2. The quantitative estimate of drug-likeness (QED) is 0.403. The summed E-state index contributed by atoms with van der Waals surface area (Å²) in [6.07, 6.45) is 7.86. The number of aromatic amines is 1. The number of thiazole rings is 1. The maximum absolute atomic E-state index is 13.0. The third-order valence-electron chi connectivity index (χ3n) is 6.35. The molecule has 2 N–H and O–H groups in total. The summed E-state index contributed by atoms with van der Waals surface area (Å²) in [4.78, 5) is 37.2. The monoisotopic (exact) mass is 476 g/mol. The predicted octanol–water partition coefficient (Wildman–Crippen LogP) is 2.32. The number of hydrogen-bond donors (Lipinski definition) is 2. The average molecular weight is 477 g/mol. The molecular weight excluding hydrogens is 452 g/mol. The number of carbonyl (C=O) groups excluding carboxylic acids is 1. The number of amides is 1. The van der Waals surface area contributed by atoms with Crippen LogP contribution in [0.1, 0.15) is 28.9 Å². The summed E-state index contributed by atoms with van der Waals surface area (Å²) in [7, 11) is 1.88. The molecule has 6 rings (SSSR count). The summed E-state index contributed by atoms with van der Waals surface area (Å²) >= 11 is 1.50. The first-order valence-electron chi connectivity index (χ1n) is 11.3. The van der Waals surface area contributed by atoms with Crippen LogP contribution in [0, 0.1) is 6.92 Å². The van der Waals surface area contributed by atoms with E-state index >= 15 is 0 Å². The van der Waals surface area contributed by atoms with Gasteiger partial charge in [0.2, 0.25) is 0 Å². The van der Waals surface area contributed by atoms with Crippen LogP contribution in [0.3, 0.4) is 0 Å². The molecule has 5 aromatic rings. The Kier molecular flexibility index (Phi) is 4.96. The Hall–Kier alpha value is -3.57. The van der Waals surface area contributed by atoms with Gasteiger partial charge in [-0.1, -0.05) is 0 Å². The maximum Gasteiger partial charge on any atom is 0.261 e. The van der Waals surface area contributed by atoms with Crippen molar-refractivity contribution < 1.29 is 4.79 Å². The van der Waals surface area contributed by atoms with E-state index in [4.69, 9.17) is 0 Å². The third kappa shape index (κ3) is 3.48. The molecule has 1 aliphatic rings. The van der Waals surface area contributed by atoms with E-state index in [0.717, 1.165) is 40.6 Å². The fourth-order valence-corrected chi connectivity index (χ4v) is 5.83. The van der Waals surface area contributed by atoms with Crippen molar-refractivity contribution in [1.82, 2.24) is 39.6 Å². The minimum absolute atomic E-state index is 0.197. The average Bonchev–Trinajstić information content (AvgIpc) is 3.57. The van der Waals surface area contributed by atoms with Gasteiger partial charge in [-0.25, -0.2) is 4.52 Å². The number of nitrogens with one attached hydrogen (secondary N) is 2. The molecule has 1 saturated heterocycles. The van der Waals surface area contributed by atoms with Crippen molar-refractivity contribution in [3.63, 3.8) is 0 Å². The minimum atomic E-state index is -0.248. The predicted molar refractivity (Wildman–Crippen MR) is 131 cm³/mol. The molecule has 1 fully saturated rings. The van der Waals surface area contributed by atoms with Crippen LogP contribution in [-0.2, 0) is 7.05 Å². The molecule has 0 saturated carbocycles. The largest absolute Gasteiger partial charge is 0.351 e. The topological polar surface area (TPSA) is 113 Å². The van der Waals surface area contributed by atoms with Gasteiger partial charge < -0.3 is 15.2 Å². The van der Waals surface area contributed by atoms with Crippen molar-refractivity contribution >= 4 is 44.0 Å². The molecule has 5 aromatic heterocycles. The second-order valence-electron chi connectivity index (χ2n) is 8.75. The van der Waals surface area contributed by atoms with Crippen molar-refractivity contribution in [2.24, 2.45) is 7.05 Å². The van der Waals surface area contributed by atoms with E-state index in [9.17, 15) is 9.59 Å². The number of fused-ring (bicyclic) bond motifs is 5. The molecule has 0 spiro atoms. The zero-order chi connectivity index (χ0) is 23.4. The summed E-state index contributed by atoms with van der Waals surface area (Å²) < 4.78 is 3.50. The van der Waals surface area contributed by atoms with E-state index in [0.29, 0.717) is 34.0 Å². The van der Waals surface area contributed by atoms with E-state index in [1.165, 1.54) is 24.2 Å². The van der Waals surface area contributed by atoms with Crippen LogP contribution in [0.4, 0.5) is 0 Å². The number of rotatable bonds is 5. The number of hydrogen-bond acceptors (Lipinski definition) is 7. The van der Waals surface area contributed by atoms with Crippen LogP contribution in [0.5, 0.6) is 0 Å². The molecule has 6 heterocycles. The highest BCUT2D eigenvalue weighted by molar-refractivity contribution is 7.21.